The van der Waals surface area contributed by atoms with Crippen LogP contribution < -0.4 is 10.3 Å². The van der Waals surface area contributed by atoms with E-state index in [1.54, 1.807) is 23.2 Å². The van der Waals surface area contributed by atoms with Crippen molar-refractivity contribution in [2.24, 2.45) is 5.41 Å². The van der Waals surface area contributed by atoms with E-state index < -0.39 is 0 Å². The summed E-state index contributed by atoms with van der Waals surface area (Å²) in [6.07, 6.45) is 3.91. The number of carbonyl (C=O) groups is 1. The minimum absolute atomic E-state index is 0.0511. The quantitative estimate of drug-likeness (QED) is 0.673. The minimum Gasteiger partial charge on any atom is -0.493 e. The predicted octanol–water partition coefficient (Wildman–Crippen LogP) is 1.77. The van der Waals surface area contributed by atoms with Gasteiger partial charge in [-0.2, -0.15) is 0 Å². The van der Waals surface area contributed by atoms with Gasteiger partial charge in [0, 0.05) is 30.9 Å². The van der Waals surface area contributed by atoms with Gasteiger partial charge in [-0.3, -0.25) is 14.0 Å². The van der Waals surface area contributed by atoms with E-state index in [1.807, 2.05) is 24.3 Å². The first-order valence-corrected chi connectivity index (χ1v) is 8.62. The average Bonchev–Trinajstić information content (AvgIpc) is 2.66. The lowest BCUT2D eigenvalue weighted by Crippen LogP contribution is -2.63. The number of rotatable bonds is 1. The Hall–Kier alpha value is -3.15. The molecule has 26 heavy (non-hydrogen) atoms. The zero-order valence-electron chi connectivity index (χ0n) is 14.1. The Balaban J connectivity index is 1.38. The zero-order valence-corrected chi connectivity index (χ0v) is 14.1. The van der Waals surface area contributed by atoms with E-state index >= 15 is 0 Å². The molecule has 5 rings (SSSR count). The lowest BCUT2D eigenvalue weighted by molar-refractivity contribution is -0.0292. The van der Waals surface area contributed by atoms with Crippen LogP contribution in [0.4, 0.5) is 0 Å². The fraction of sp³-hybridized carbons (Fsp3) is 0.250. The number of carbonyl (C=O) groups excluding carboxylic acids is 1. The average molecular weight is 347 g/mol. The maximum atomic E-state index is 12.8. The summed E-state index contributed by atoms with van der Waals surface area (Å²) in [5, 5.41) is 0. The second kappa shape index (κ2) is 5.42. The third-order valence-corrected chi connectivity index (χ3v) is 5.26. The molecule has 6 nitrogen and oxygen atoms in total. The second-order valence-corrected chi connectivity index (χ2v) is 7.14. The summed E-state index contributed by atoms with van der Waals surface area (Å²) in [5.74, 6) is 0.671. The number of amides is 1. The first-order valence-electron chi connectivity index (χ1n) is 8.62. The van der Waals surface area contributed by atoms with E-state index in [2.05, 4.69) is 11.1 Å². The highest BCUT2D eigenvalue weighted by atomic mass is 16.5. The fourth-order valence-corrected chi connectivity index (χ4v) is 3.93. The summed E-state index contributed by atoms with van der Waals surface area (Å²) in [5.41, 5.74) is 1.45. The summed E-state index contributed by atoms with van der Waals surface area (Å²) in [6, 6.07) is 13.3. The van der Waals surface area contributed by atoms with Crippen molar-refractivity contribution in [1.82, 2.24) is 14.3 Å². The zero-order chi connectivity index (χ0) is 17.7. The van der Waals surface area contributed by atoms with Crippen molar-refractivity contribution >= 4 is 11.6 Å². The highest BCUT2D eigenvalue weighted by molar-refractivity contribution is 5.94. The van der Waals surface area contributed by atoms with Gasteiger partial charge in [0.05, 0.1) is 6.61 Å². The van der Waals surface area contributed by atoms with Crippen molar-refractivity contribution in [3.8, 4) is 5.75 Å². The third kappa shape index (κ3) is 2.22. The Bertz CT molecular complexity index is 1080. The minimum atomic E-state index is -0.327. The van der Waals surface area contributed by atoms with Crippen LogP contribution in [0, 0.1) is 5.41 Å². The molecule has 1 amide bonds. The topological polar surface area (TPSA) is 63.9 Å². The van der Waals surface area contributed by atoms with Gasteiger partial charge in [-0.25, -0.2) is 4.98 Å². The molecule has 0 unspecified atom stereocenters. The number of pyridine rings is 1. The maximum absolute atomic E-state index is 12.8. The monoisotopic (exact) mass is 347 g/mol. The van der Waals surface area contributed by atoms with E-state index in [4.69, 9.17) is 4.74 Å². The van der Waals surface area contributed by atoms with Crippen LogP contribution >= 0.6 is 0 Å². The molecule has 0 atom stereocenters. The Labute approximate surface area is 149 Å². The molecule has 1 spiro atoms. The second-order valence-electron chi connectivity index (χ2n) is 7.14. The molecule has 0 aliphatic carbocycles. The van der Waals surface area contributed by atoms with Crippen LogP contribution in [0.15, 0.2) is 59.7 Å². The molecule has 0 bridgehead atoms. The van der Waals surface area contributed by atoms with E-state index in [1.165, 1.54) is 16.2 Å². The molecule has 2 aliphatic rings. The summed E-state index contributed by atoms with van der Waals surface area (Å²) < 4.78 is 7.29. The molecule has 130 valence electrons. The molecule has 2 aliphatic heterocycles. The number of hydrogen-bond acceptors (Lipinski definition) is 4. The Morgan fingerprint density at radius 1 is 1.12 bits per heavy atom. The van der Waals surface area contributed by atoms with Crippen molar-refractivity contribution < 1.29 is 9.53 Å². The van der Waals surface area contributed by atoms with Crippen molar-refractivity contribution in [2.75, 3.05) is 19.7 Å². The van der Waals surface area contributed by atoms with E-state index in [9.17, 15) is 9.59 Å². The Morgan fingerprint density at radius 3 is 2.81 bits per heavy atom. The molecule has 4 heterocycles. The molecular formula is C20H17N3O3. The van der Waals surface area contributed by atoms with Crippen LogP contribution in [-0.2, 0) is 6.42 Å². The SMILES string of the molecule is O=C(c1cnc2ccccn2c1=O)N1CC2(COc3ccccc3C2)C1. The van der Waals surface area contributed by atoms with Crippen molar-refractivity contribution in [2.45, 2.75) is 6.42 Å². The number of fused-ring (bicyclic) bond motifs is 2. The number of hydrogen-bond donors (Lipinski definition) is 0. The van der Waals surface area contributed by atoms with Crippen LogP contribution in [0.25, 0.3) is 5.65 Å². The molecule has 0 N–H and O–H groups in total. The van der Waals surface area contributed by atoms with Crippen molar-refractivity contribution in [1.29, 1.82) is 0 Å². The van der Waals surface area contributed by atoms with E-state index in [0.29, 0.717) is 25.3 Å². The van der Waals surface area contributed by atoms with Crippen molar-refractivity contribution in [3.63, 3.8) is 0 Å². The van der Waals surface area contributed by atoms with Gasteiger partial charge in [-0.15, -0.1) is 0 Å². The number of para-hydroxylation sites is 1. The summed E-state index contributed by atoms with van der Waals surface area (Å²) in [6.45, 7) is 1.79. The van der Waals surface area contributed by atoms with Gasteiger partial charge >= 0.3 is 0 Å². The molecule has 1 aromatic carbocycles. The molecule has 1 fully saturated rings. The van der Waals surface area contributed by atoms with Gasteiger partial charge in [0.25, 0.3) is 11.5 Å². The molecule has 0 saturated carbocycles. The number of nitrogens with zero attached hydrogens (tertiary/aromatic N) is 3. The van der Waals surface area contributed by atoms with Crippen molar-refractivity contribution in [3.05, 3.63) is 76.3 Å². The lowest BCUT2D eigenvalue weighted by atomic mass is 9.74. The maximum Gasteiger partial charge on any atom is 0.270 e. The largest absolute Gasteiger partial charge is 0.493 e. The fourth-order valence-electron chi connectivity index (χ4n) is 3.93. The van der Waals surface area contributed by atoms with Crippen LogP contribution in [0.1, 0.15) is 15.9 Å². The molecule has 2 aromatic heterocycles. The Morgan fingerprint density at radius 2 is 1.92 bits per heavy atom. The van der Waals surface area contributed by atoms with Gasteiger partial charge in [0.15, 0.2) is 0 Å². The highest BCUT2D eigenvalue weighted by Crippen LogP contribution is 2.41. The summed E-state index contributed by atoms with van der Waals surface area (Å²) in [7, 11) is 0. The molecule has 6 heteroatoms. The van der Waals surface area contributed by atoms with Crippen LogP contribution in [-0.4, -0.2) is 39.9 Å². The van der Waals surface area contributed by atoms with E-state index in [0.717, 1.165) is 12.2 Å². The number of aromatic nitrogens is 2. The lowest BCUT2D eigenvalue weighted by Gasteiger charge is -2.51. The van der Waals surface area contributed by atoms with Gasteiger partial charge in [0.2, 0.25) is 0 Å². The van der Waals surface area contributed by atoms with Crippen LogP contribution in [0.3, 0.4) is 0 Å². The van der Waals surface area contributed by atoms with Gasteiger partial charge in [0.1, 0.15) is 17.0 Å². The predicted molar refractivity (Wildman–Crippen MR) is 95.4 cm³/mol. The number of ether oxygens (including phenoxy) is 1. The van der Waals surface area contributed by atoms with Gasteiger partial charge in [-0.1, -0.05) is 24.3 Å². The molecular weight excluding hydrogens is 330 g/mol. The summed E-state index contributed by atoms with van der Waals surface area (Å²) >= 11 is 0. The normalized spacial score (nSPS) is 17.5. The van der Waals surface area contributed by atoms with Crippen LogP contribution in [0.5, 0.6) is 5.75 Å². The number of likely N-dealkylation sites (tertiary alicyclic amines) is 1. The first-order chi connectivity index (χ1) is 12.7. The van der Waals surface area contributed by atoms with Crippen LogP contribution in [0.2, 0.25) is 0 Å². The smallest absolute Gasteiger partial charge is 0.270 e. The third-order valence-electron chi connectivity index (χ3n) is 5.26. The Kier molecular flexibility index (Phi) is 3.16. The molecule has 3 aromatic rings. The van der Waals surface area contributed by atoms with Gasteiger partial charge in [-0.05, 0) is 30.2 Å². The molecule has 0 radical (unpaired) electrons. The van der Waals surface area contributed by atoms with Gasteiger partial charge < -0.3 is 9.64 Å². The highest BCUT2D eigenvalue weighted by Gasteiger charge is 2.48. The number of benzene rings is 1. The standard InChI is InChI=1S/C20H17N3O3/c24-18(15-10-21-17-7-3-4-8-23(17)19(15)25)22-11-20(12-22)9-14-5-1-2-6-16(14)26-13-20/h1-8,10H,9,11-13H2. The van der Waals surface area contributed by atoms with E-state index in [-0.39, 0.29) is 22.4 Å². The summed E-state index contributed by atoms with van der Waals surface area (Å²) in [4.78, 5) is 31.3. The molecule has 1 saturated heterocycles. The first kappa shape index (κ1) is 15.1.